The molecule has 6 heteroatoms. The Hall–Kier alpha value is -2.53. The van der Waals surface area contributed by atoms with Crippen molar-refractivity contribution in [2.75, 3.05) is 16.0 Å². The summed E-state index contributed by atoms with van der Waals surface area (Å²) in [5.74, 6) is -0.472. The number of amides is 2. The normalized spacial score (nSPS) is 16.1. The highest BCUT2D eigenvalue weighted by Gasteiger charge is 2.27. The Morgan fingerprint density at radius 3 is 2.70 bits per heavy atom. The molecule has 1 aliphatic heterocycles. The molecule has 2 aromatic rings. The first kappa shape index (κ1) is 15.4. The summed E-state index contributed by atoms with van der Waals surface area (Å²) in [6.07, 6.45) is 0.0335. The van der Waals surface area contributed by atoms with Crippen molar-refractivity contribution in [2.45, 2.75) is 19.4 Å². The van der Waals surface area contributed by atoms with Gasteiger partial charge in [-0.25, -0.2) is 0 Å². The number of fused-ring (bicyclic) bond motifs is 1. The van der Waals surface area contributed by atoms with Gasteiger partial charge in [-0.05, 0) is 42.8 Å². The van der Waals surface area contributed by atoms with Crippen LogP contribution in [0.3, 0.4) is 0 Å². The van der Waals surface area contributed by atoms with Gasteiger partial charge in [0, 0.05) is 10.7 Å². The summed E-state index contributed by atoms with van der Waals surface area (Å²) < 4.78 is 0. The van der Waals surface area contributed by atoms with E-state index < -0.39 is 6.04 Å². The van der Waals surface area contributed by atoms with Crippen molar-refractivity contribution in [1.82, 2.24) is 0 Å². The Morgan fingerprint density at radius 2 is 1.96 bits per heavy atom. The van der Waals surface area contributed by atoms with Crippen molar-refractivity contribution in [3.05, 3.63) is 53.1 Å². The van der Waals surface area contributed by atoms with Crippen molar-refractivity contribution in [3.8, 4) is 0 Å². The van der Waals surface area contributed by atoms with Crippen LogP contribution in [-0.2, 0) is 9.59 Å². The van der Waals surface area contributed by atoms with Crippen LogP contribution in [0.15, 0.2) is 42.5 Å². The smallest absolute Gasteiger partial charge is 0.247 e. The topological polar surface area (TPSA) is 70.2 Å². The van der Waals surface area contributed by atoms with Crippen molar-refractivity contribution in [1.29, 1.82) is 0 Å². The van der Waals surface area contributed by atoms with Gasteiger partial charge in [0.15, 0.2) is 0 Å². The molecule has 118 valence electrons. The molecule has 2 aromatic carbocycles. The van der Waals surface area contributed by atoms with Crippen LogP contribution in [0, 0.1) is 6.92 Å². The maximum Gasteiger partial charge on any atom is 0.247 e. The van der Waals surface area contributed by atoms with Crippen LogP contribution in [0.2, 0.25) is 5.02 Å². The molecule has 0 saturated heterocycles. The number of nitrogens with one attached hydrogen (secondary N) is 3. The fraction of sp³-hybridized carbons (Fsp3) is 0.176. The zero-order valence-electron chi connectivity index (χ0n) is 12.5. The number of carbonyl (C=O) groups excluding carboxylic acids is 2. The summed E-state index contributed by atoms with van der Waals surface area (Å²) in [5, 5.41) is 9.21. The van der Waals surface area contributed by atoms with Crippen LogP contribution >= 0.6 is 11.6 Å². The molecule has 3 rings (SSSR count). The molecule has 1 heterocycles. The molecule has 2 amide bonds. The minimum atomic E-state index is -0.606. The fourth-order valence-electron chi connectivity index (χ4n) is 2.54. The molecule has 1 unspecified atom stereocenters. The fourth-order valence-corrected chi connectivity index (χ4v) is 2.83. The van der Waals surface area contributed by atoms with Gasteiger partial charge in [-0.2, -0.15) is 0 Å². The van der Waals surface area contributed by atoms with E-state index in [1.165, 1.54) is 0 Å². The number of carbonyl (C=O) groups is 2. The maximum atomic E-state index is 12.2. The van der Waals surface area contributed by atoms with Gasteiger partial charge in [0.2, 0.25) is 11.8 Å². The van der Waals surface area contributed by atoms with Crippen molar-refractivity contribution in [2.24, 2.45) is 0 Å². The first-order valence-electron chi connectivity index (χ1n) is 7.25. The van der Waals surface area contributed by atoms with E-state index in [2.05, 4.69) is 16.0 Å². The van der Waals surface area contributed by atoms with Gasteiger partial charge in [0.1, 0.15) is 6.04 Å². The number of anilines is 3. The Kier molecular flexibility index (Phi) is 4.21. The number of aryl methyl sites for hydroxylation is 1. The van der Waals surface area contributed by atoms with Gasteiger partial charge in [-0.1, -0.05) is 23.7 Å². The summed E-state index contributed by atoms with van der Waals surface area (Å²) in [6.45, 7) is 1.90. The minimum Gasteiger partial charge on any atom is -0.372 e. The van der Waals surface area contributed by atoms with Crippen LogP contribution in [0.4, 0.5) is 17.1 Å². The summed E-state index contributed by atoms with van der Waals surface area (Å²) in [6, 6.07) is 12.1. The van der Waals surface area contributed by atoms with Crippen LogP contribution in [0.25, 0.3) is 0 Å². The van der Waals surface area contributed by atoms with Crippen LogP contribution in [0.5, 0.6) is 0 Å². The summed E-state index contributed by atoms with van der Waals surface area (Å²) >= 11 is 5.98. The molecule has 0 bridgehead atoms. The van der Waals surface area contributed by atoms with Crippen molar-refractivity contribution >= 4 is 40.5 Å². The molecule has 5 nitrogen and oxygen atoms in total. The third-order valence-corrected chi connectivity index (χ3v) is 3.76. The zero-order valence-corrected chi connectivity index (χ0v) is 13.3. The zero-order chi connectivity index (χ0) is 16.4. The molecule has 0 aromatic heterocycles. The predicted octanol–water partition coefficient (Wildman–Crippen LogP) is 3.41. The third-order valence-electron chi connectivity index (χ3n) is 3.55. The van der Waals surface area contributed by atoms with E-state index in [0.717, 1.165) is 16.9 Å². The number of rotatable bonds is 3. The molecule has 0 fully saturated rings. The van der Waals surface area contributed by atoms with Crippen molar-refractivity contribution < 1.29 is 9.59 Å². The summed E-state index contributed by atoms with van der Waals surface area (Å²) in [4.78, 5) is 24.3. The molecule has 0 aliphatic carbocycles. The monoisotopic (exact) mass is 329 g/mol. The highest BCUT2D eigenvalue weighted by molar-refractivity contribution is 6.31. The van der Waals surface area contributed by atoms with Crippen LogP contribution < -0.4 is 16.0 Å². The quantitative estimate of drug-likeness (QED) is 0.808. The average molecular weight is 330 g/mol. The SMILES string of the molecule is Cc1cc(Cl)cc(NC(=O)CC2Nc3ccccc3NC2=O)c1. The van der Waals surface area contributed by atoms with Crippen LogP contribution in [-0.4, -0.2) is 17.9 Å². The second-order valence-electron chi connectivity index (χ2n) is 5.50. The number of para-hydroxylation sites is 2. The molecular weight excluding hydrogens is 314 g/mol. The molecule has 23 heavy (non-hydrogen) atoms. The average Bonchev–Trinajstić information content (AvgIpc) is 2.46. The lowest BCUT2D eigenvalue weighted by molar-refractivity contribution is -0.122. The molecule has 0 radical (unpaired) electrons. The van der Waals surface area contributed by atoms with E-state index in [1.807, 2.05) is 43.3 Å². The highest BCUT2D eigenvalue weighted by Crippen LogP contribution is 2.27. The van der Waals surface area contributed by atoms with E-state index in [0.29, 0.717) is 10.7 Å². The highest BCUT2D eigenvalue weighted by atomic mass is 35.5. The van der Waals surface area contributed by atoms with E-state index in [-0.39, 0.29) is 18.2 Å². The Bertz CT molecular complexity index is 756. The van der Waals surface area contributed by atoms with Crippen molar-refractivity contribution in [3.63, 3.8) is 0 Å². The number of hydrogen-bond acceptors (Lipinski definition) is 3. The van der Waals surface area contributed by atoms with Crippen LogP contribution in [0.1, 0.15) is 12.0 Å². The number of halogens is 1. The van der Waals surface area contributed by atoms with Gasteiger partial charge in [0.25, 0.3) is 0 Å². The Labute approximate surface area is 139 Å². The van der Waals surface area contributed by atoms with Gasteiger partial charge >= 0.3 is 0 Å². The van der Waals surface area contributed by atoms with E-state index in [4.69, 9.17) is 11.6 Å². The molecule has 1 aliphatic rings. The molecule has 1 atom stereocenters. The Morgan fingerprint density at radius 1 is 1.22 bits per heavy atom. The van der Waals surface area contributed by atoms with Gasteiger partial charge in [-0.3, -0.25) is 9.59 Å². The maximum absolute atomic E-state index is 12.2. The summed E-state index contributed by atoms with van der Waals surface area (Å²) in [5.41, 5.74) is 3.11. The molecule has 0 spiro atoms. The van der Waals surface area contributed by atoms with Gasteiger partial charge in [-0.15, -0.1) is 0 Å². The lowest BCUT2D eigenvalue weighted by Crippen LogP contribution is -2.41. The first-order chi connectivity index (χ1) is 11.0. The lowest BCUT2D eigenvalue weighted by atomic mass is 10.1. The molecule has 3 N–H and O–H groups in total. The van der Waals surface area contributed by atoms with Gasteiger partial charge in [0.05, 0.1) is 17.8 Å². The van der Waals surface area contributed by atoms with E-state index in [9.17, 15) is 9.59 Å². The summed E-state index contributed by atoms with van der Waals surface area (Å²) in [7, 11) is 0. The first-order valence-corrected chi connectivity index (χ1v) is 7.62. The van der Waals surface area contributed by atoms with E-state index in [1.54, 1.807) is 6.07 Å². The molecular formula is C17H16ClN3O2. The molecule has 0 saturated carbocycles. The minimum absolute atomic E-state index is 0.0335. The Balaban J connectivity index is 1.67. The predicted molar refractivity (Wildman–Crippen MR) is 91.9 cm³/mol. The second kappa shape index (κ2) is 6.30. The number of benzene rings is 2. The number of hydrogen-bond donors (Lipinski definition) is 3. The standard InChI is InChI=1S/C17H16ClN3O2/c1-10-6-11(18)8-12(7-10)19-16(22)9-15-17(23)21-14-5-3-2-4-13(14)20-15/h2-8,15,20H,9H2,1H3,(H,19,22)(H,21,23). The van der Waals surface area contributed by atoms with Gasteiger partial charge < -0.3 is 16.0 Å². The largest absolute Gasteiger partial charge is 0.372 e. The second-order valence-corrected chi connectivity index (χ2v) is 5.94. The lowest BCUT2D eigenvalue weighted by Gasteiger charge is -2.26. The van der Waals surface area contributed by atoms with E-state index >= 15 is 0 Å². The third kappa shape index (κ3) is 3.63.